The van der Waals surface area contributed by atoms with Crippen LogP contribution in [0, 0.1) is 12.8 Å². The monoisotopic (exact) mass is 651 g/mol. The number of sulfone groups is 1. The number of amides is 2. The third-order valence-electron chi connectivity index (χ3n) is 8.88. The van der Waals surface area contributed by atoms with Crippen molar-refractivity contribution in [3.8, 4) is 11.1 Å². The van der Waals surface area contributed by atoms with Gasteiger partial charge in [0.1, 0.15) is 6.04 Å². The van der Waals surface area contributed by atoms with E-state index in [9.17, 15) is 26.4 Å². The van der Waals surface area contributed by atoms with Crippen LogP contribution in [0.2, 0.25) is 0 Å². The van der Waals surface area contributed by atoms with Crippen LogP contribution in [0.5, 0.6) is 0 Å². The van der Waals surface area contributed by atoms with Crippen LogP contribution < -0.4 is 5.32 Å². The molecule has 5 rings (SSSR count). The van der Waals surface area contributed by atoms with Gasteiger partial charge in [0.2, 0.25) is 15.9 Å². The summed E-state index contributed by atoms with van der Waals surface area (Å²) in [5, 5.41) is 2.97. The average molecular weight is 652 g/mol. The molecule has 1 saturated carbocycles. The Morgan fingerprint density at radius 2 is 1.40 bits per heavy atom. The summed E-state index contributed by atoms with van der Waals surface area (Å²) in [7, 11) is -6.63. The number of carbonyl (C=O) groups excluding carboxylic acids is 2. The molecule has 0 spiro atoms. The van der Waals surface area contributed by atoms with Gasteiger partial charge in [0.25, 0.3) is 5.91 Å². The van der Waals surface area contributed by atoms with Crippen molar-refractivity contribution in [2.24, 2.45) is 5.92 Å². The fourth-order valence-electron chi connectivity index (χ4n) is 6.04. The molecule has 1 N–H and O–H groups in total. The minimum Gasteiger partial charge on any atom is -0.340 e. The summed E-state index contributed by atoms with van der Waals surface area (Å²) in [6.07, 6.45) is 5.72. The Morgan fingerprint density at radius 3 is 1.96 bits per heavy atom. The predicted molar refractivity (Wildman–Crippen MR) is 175 cm³/mol. The lowest BCUT2D eigenvalue weighted by atomic mass is 10.0. The molecular formula is C34H41N3O6S2. The van der Waals surface area contributed by atoms with Crippen molar-refractivity contribution in [1.82, 2.24) is 14.5 Å². The average Bonchev–Trinajstić information content (AvgIpc) is 3.79. The maximum Gasteiger partial charge on any atom is 0.251 e. The van der Waals surface area contributed by atoms with Crippen LogP contribution in [-0.4, -0.2) is 82.6 Å². The third-order valence-corrected chi connectivity index (χ3v) is 11.3. The summed E-state index contributed by atoms with van der Waals surface area (Å²) in [5.74, 6) is 0.562. The van der Waals surface area contributed by atoms with Crippen molar-refractivity contribution in [3.63, 3.8) is 0 Å². The Labute approximate surface area is 266 Å². The van der Waals surface area contributed by atoms with E-state index in [1.165, 1.54) is 21.7 Å². The molecule has 45 heavy (non-hydrogen) atoms. The molecule has 240 valence electrons. The van der Waals surface area contributed by atoms with Crippen LogP contribution in [0.15, 0.2) is 77.7 Å². The minimum atomic E-state index is -3.33. The van der Waals surface area contributed by atoms with E-state index in [2.05, 4.69) is 36.5 Å². The van der Waals surface area contributed by atoms with Gasteiger partial charge in [-0.2, -0.15) is 4.31 Å². The Balaban J connectivity index is 1.23. The summed E-state index contributed by atoms with van der Waals surface area (Å²) < 4.78 is 48.9. The van der Waals surface area contributed by atoms with E-state index in [1.54, 1.807) is 53.4 Å². The fourth-order valence-corrected chi connectivity index (χ4v) is 7.50. The second-order valence-electron chi connectivity index (χ2n) is 12.3. The second-order valence-corrected chi connectivity index (χ2v) is 16.3. The van der Waals surface area contributed by atoms with Gasteiger partial charge in [-0.1, -0.05) is 60.5 Å². The van der Waals surface area contributed by atoms with Crippen LogP contribution in [0.4, 0.5) is 0 Å². The Hall–Kier alpha value is -3.54. The lowest BCUT2D eigenvalue weighted by Gasteiger charge is -2.35. The number of nitrogens with one attached hydrogen (secondary N) is 1. The molecule has 2 fully saturated rings. The normalized spacial score (nSPS) is 19.6. The highest BCUT2D eigenvalue weighted by Gasteiger charge is 2.38. The highest BCUT2D eigenvalue weighted by atomic mass is 32.2. The van der Waals surface area contributed by atoms with Crippen LogP contribution in [0.1, 0.15) is 53.1 Å². The van der Waals surface area contributed by atoms with E-state index < -0.39 is 25.9 Å². The van der Waals surface area contributed by atoms with Crippen molar-refractivity contribution in [1.29, 1.82) is 0 Å². The first-order valence-electron chi connectivity index (χ1n) is 15.3. The molecule has 1 aliphatic heterocycles. The van der Waals surface area contributed by atoms with E-state index in [0.29, 0.717) is 23.8 Å². The lowest BCUT2D eigenvalue weighted by molar-refractivity contribution is -0.134. The van der Waals surface area contributed by atoms with E-state index in [4.69, 9.17) is 0 Å². The molecule has 3 aromatic carbocycles. The molecule has 0 aromatic heterocycles. The quantitative estimate of drug-likeness (QED) is 0.331. The van der Waals surface area contributed by atoms with E-state index in [0.717, 1.165) is 36.6 Å². The van der Waals surface area contributed by atoms with Gasteiger partial charge in [0.15, 0.2) is 9.84 Å². The Kier molecular flexibility index (Phi) is 9.81. The summed E-state index contributed by atoms with van der Waals surface area (Å²) in [6, 6.07) is 21.5. The van der Waals surface area contributed by atoms with Gasteiger partial charge in [0.05, 0.1) is 11.2 Å². The van der Waals surface area contributed by atoms with Crippen molar-refractivity contribution >= 4 is 31.7 Å². The highest BCUT2D eigenvalue weighted by Crippen LogP contribution is 2.50. The number of nitrogens with zero attached hydrogens (tertiary/aromatic N) is 2. The van der Waals surface area contributed by atoms with E-state index in [1.807, 2.05) is 0 Å². The molecule has 0 bridgehead atoms. The van der Waals surface area contributed by atoms with Crippen molar-refractivity contribution < 1.29 is 26.4 Å². The maximum atomic E-state index is 13.7. The van der Waals surface area contributed by atoms with E-state index in [-0.39, 0.29) is 42.9 Å². The van der Waals surface area contributed by atoms with E-state index >= 15 is 0 Å². The molecule has 0 unspecified atom stereocenters. The first-order valence-corrected chi connectivity index (χ1v) is 19.1. The van der Waals surface area contributed by atoms with Crippen LogP contribution in [0.25, 0.3) is 11.1 Å². The molecule has 9 nitrogen and oxygen atoms in total. The number of hydrogen-bond acceptors (Lipinski definition) is 6. The molecule has 1 aliphatic carbocycles. The number of sulfonamides is 1. The van der Waals surface area contributed by atoms with Gasteiger partial charge >= 0.3 is 0 Å². The molecule has 3 aromatic rings. The molecule has 3 atom stereocenters. The SMILES string of the molecule is Cc1ccc([C@@H]2C[C@H]2CCC[C@H](NC(=O)c2ccc(-c3ccc(S(C)(=O)=O)cc3)cc2)C(=O)N2CCN(S(C)(=O)=O)CC2)cc1. The van der Waals surface area contributed by atoms with Crippen LogP contribution >= 0.6 is 0 Å². The Bertz CT molecular complexity index is 1730. The predicted octanol–water partition coefficient (Wildman–Crippen LogP) is 4.24. The number of rotatable bonds is 11. The zero-order valence-corrected chi connectivity index (χ0v) is 27.6. The first kappa shape index (κ1) is 32.8. The largest absolute Gasteiger partial charge is 0.340 e. The zero-order chi connectivity index (χ0) is 32.4. The van der Waals surface area contributed by atoms with Gasteiger partial charge in [-0.25, -0.2) is 16.8 Å². The smallest absolute Gasteiger partial charge is 0.251 e. The lowest BCUT2D eigenvalue weighted by Crippen LogP contribution is -2.55. The third kappa shape index (κ3) is 8.39. The molecule has 2 amide bonds. The highest BCUT2D eigenvalue weighted by molar-refractivity contribution is 7.90. The van der Waals surface area contributed by atoms with Gasteiger partial charge in [-0.3, -0.25) is 9.59 Å². The number of benzene rings is 3. The zero-order valence-electron chi connectivity index (χ0n) is 26.0. The second kappa shape index (κ2) is 13.4. The Morgan fingerprint density at radius 1 is 0.822 bits per heavy atom. The van der Waals surface area contributed by atoms with Crippen molar-refractivity contribution in [2.45, 2.75) is 49.5 Å². The summed E-state index contributed by atoms with van der Waals surface area (Å²) in [4.78, 5) is 28.9. The topological polar surface area (TPSA) is 121 Å². The van der Waals surface area contributed by atoms with Crippen LogP contribution in [0.3, 0.4) is 0 Å². The molecular weight excluding hydrogens is 611 g/mol. The molecule has 0 radical (unpaired) electrons. The van der Waals surface area contributed by atoms with Crippen LogP contribution in [-0.2, 0) is 24.7 Å². The maximum absolute atomic E-state index is 13.7. The number of hydrogen-bond donors (Lipinski definition) is 1. The van der Waals surface area contributed by atoms with Gasteiger partial charge in [-0.15, -0.1) is 0 Å². The molecule has 1 heterocycles. The van der Waals surface area contributed by atoms with Gasteiger partial charge in [-0.05, 0) is 79.0 Å². The van der Waals surface area contributed by atoms with Crippen molar-refractivity contribution in [3.05, 3.63) is 89.5 Å². The van der Waals surface area contributed by atoms with Gasteiger partial charge in [0, 0.05) is 38.0 Å². The standard InChI is InChI=1S/C34H41N3O6S2/c1-24-7-9-27(10-8-24)31-23-29(31)5-4-6-32(34(39)36-19-21-37(22-20-36)45(3,42)43)35-33(38)28-13-11-25(12-14-28)26-15-17-30(18-16-26)44(2,40)41/h7-18,29,31-32H,4-6,19-23H2,1-3H3,(H,35,38)/t29-,31+,32+/m1/s1. The molecule has 1 saturated heterocycles. The van der Waals surface area contributed by atoms with Crippen molar-refractivity contribution in [2.75, 3.05) is 38.7 Å². The fraction of sp³-hybridized carbons (Fsp3) is 0.412. The number of carbonyl (C=O) groups is 2. The molecule has 2 aliphatic rings. The summed E-state index contributed by atoms with van der Waals surface area (Å²) in [6.45, 7) is 3.11. The number of piperazine rings is 1. The molecule has 11 heteroatoms. The summed E-state index contributed by atoms with van der Waals surface area (Å²) in [5.41, 5.74) is 4.65. The first-order chi connectivity index (χ1) is 21.3. The minimum absolute atomic E-state index is 0.190. The number of aryl methyl sites for hydroxylation is 1. The summed E-state index contributed by atoms with van der Waals surface area (Å²) >= 11 is 0. The van der Waals surface area contributed by atoms with Gasteiger partial charge < -0.3 is 10.2 Å².